The van der Waals surface area contributed by atoms with Crippen molar-refractivity contribution in [1.29, 1.82) is 0 Å². The van der Waals surface area contributed by atoms with Gasteiger partial charge in [0, 0.05) is 37.7 Å². The quantitative estimate of drug-likeness (QED) is 0.869. The van der Waals surface area contributed by atoms with Gasteiger partial charge in [-0.05, 0) is 25.7 Å². The predicted molar refractivity (Wildman–Crippen MR) is 69.1 cm³/mol. The summed E-state index contributed by atoms with van der Waals surface area (Å²) in [5.74, 6) is 2.20. The average Bonchev–Trinajstić information content (AvgIpc) is 2.64. The third kappa shape index (κ3) is 1.81. The molecule has 2 aliphatic rings. The minimum absolute atomic E-state index is 0.660. The largest absolute Gasteiger partial charge is 0.329 e. The van der Waals surface area contributed by atoms with Gasteiger partial charge in [-0.25, -0.2) is 4.98 Å². The molecule has 0 radical (unpaired) electrons. The number of nitrogens with one attached hydrogen (secondary N) is 1. The maximum absolute atomic E-state index is 4.83. The van der Waals surface area contributed by atoms with Crippen LogP contribution < -0.4 is 5.32 Å². The van der Waals surface area contributed by atoms with Gasteiger partial charge in [0.25, 0.3) is 0 Å². The van der Waals surface area contributed by atoms with Crippen LogP contribution in [0.15, 0.2) is 0 Å². The smallest absolute Gasteiger partial charge is 0.109 e. The molecule has 2 heterocycles. The van der Waals surface area contributed by atoms with E-state index >= 15 is 0 Å². The Hall–Kier alpha value is -0.830. The second-order valence-electron chi connectivity index (χ2n) is 5.50. The van der Waals surface area contributed by atoms with E-state index in [-0.39, 0.29) is 0 Å². The van der Waals surface area contributed by atoms with Crippen molar-refractivity contribution in [2.75, 3.05) is 6.54 Å². The Bertz CT molecular complexity index is 404. The van der Waals surface area contributed by atoms with Gasteiger partial charge in [-0.2, -0.15) is 0 Å². The molecule has 1 fully saturated rings. The fourth-order valence-electron chi connectivity index (χ4n) is 3.25. The first kappa shape index (κ1) is 11.3. The standard InChI is InChI=1S/C14H23N3/c1-3-14-16-12-9-15-8-7-13(12)17(14)10(2)11-5-4-6-11/h10-11,15H,3-9H2,1-2H3. The molecule has 0 aromatic carbocycles. The maximum Gasteiger partial charge on any atom is 0.109 e. The van der Waals surface area contributed by atoms with Crippen molar-refractivity contribution >= 4 is 0 Å². The van der Waals surface area contributed by atoms with Gasteiger partial charge in [0.15, 0.2) is 0 Å². The van der Waals surface area contributed by atoms with E-state index in [1.54, 1.807) is 0 Å². The Labute approximate surface area is 104 Å². The highest BCUT2D eigenvalue weighted by Gasteiger charge is 2.29. The summed E-state index contributed by atoms with van der Waals surface area (Å²) in [4.78, 5) is 4.83. The van der Waals surface area contributed by atoms with E-state index in [1.807, 2.05) is 0 Å². The topological polar surface area (TPSA) is 29.9 Å². The minimum atomic E-state index is 0.660. The van der Waals surface area contributed by atoms with Gasteiger partial charge in [-0.3, -0.25) is 0 Å². The minimum Gasteiger partial charge on any atom is -0.329 e. The number of hydrogen-bond donors (Lipinski definition) is 1. The summed E-state index contributed by atoms with van der Waals surface area (Å²) in [7, 11) is 0. The van der Waals surface area contributed by atoms with Crippen LogP contribution in [0.2, 0.25) is 0 Å². The molecule has 1 saturated carbocycles. The van der Waals surface area contributed by atoms with Crippen molar-refractivity contribution in [2.45, 2.75) is 58.5 Å². The van der Waals surface area contributed by atoms with Gasteiger partial charge in [0.05, 0.1) is 5.69 Å². The lowest BCUT2D eigenvalue weighted by atomic mass is 9.80. The van der Waals surface area contributed by atoms with Crippen LogP contribution in [0, 0.1) is 5.92 Å². The van der Waals surface area contributed by atoms with E-state index in [2.05, 4.69) is 23.7 Å². The van der Waals surface area contributed by atoms with Gasteiger partial charge < -0.3 is 9.88 Å². The van der Waals surface area contributed by atoms with Crippen molar-refractivity contribution in [2.24, 2.45) is 5.92 Å². The highest BCUT2D eigenvalue weighted by atomic mass is 15.1. The summed E-state index contributed by atoms with van der Waals surface area (Å²) in [6, 6.07) is 0.660. The highest BCUT2D eigenvalue weighted by molar-refractivity contribution is 5.21. The molecule has 1 atom stereocenters. The molecule has 1 unspecified atom stereocenters. The third-order valence-electron chi connectivity index (χ3n) is 4.55. The van der Waals surface area contributed by atoms with Crippen LogP contribution >= 0.6 is 0 Å². The van der Waals surface area contributed by atoms with Crippen LogP contribution in [0.25, 0.3) is 0 Å². The number of nitrogens with zero attached hydrogens (tertiary/aromatic N) is 2. The summed E-state index contributed by atoms with van der Waals surface area (Å²) in [6.07, 6.45) is 6.46. The van der Waals surface area contributed by atoms with Gasteiger partial charge >= 0.3 is 0 Å². The van der Waals surface area contributed by atoms with Gasteiger partial charge in [0.1, 0.15) is 5.82 Å². The summed E-state index contributed by atoms with van der Waals surface area (Å²) in [6.45, 7) is 6.70. The van der Waals surface area contributed by atoms with E-state index in [0.717, 1.165) is 31.8 Å². The second kappa shape index (κ2) is 4.45. The molecule has 3 nitrogen and oxygen atoms in total. The third-order valence-corrected chi connectivity index (χ3v) is 4.55. The Morgan fingerprint density at radius 1 is 1.47 bits per heavy atom. The van der Waals surface area contributed by atoms with E-state index in [0.29, 0.717) is 6.04 Å². The zero-order valence-corrected chi connectivity index (χ0v) is 11.0. The Kier molecular flexibility index (Phi) is 2.95. The molecule has 0 amide bonds. The molecule has 94 valence electrons. The van der Waals surface area contributed by atoms with Crippen LogP contribution in [-0.4, -0.2) is 16.1 Å². The molecule has 1 N–H and O–H groups in total. The first-order valence-electron chi connectivity index (χ1n) is 7.10. The van der Waals surface area contributed by atoms with Gasteiger partial charge in [-0.15, -0.1) is 0 Å². The molecule has 3 rings (SSSR count). The van der Waals surface area contributed by atoms with Crippen LogP contribution in [0.1, 0.15) is 56.4 Å². The molecular formula is C14H23N3. The molecule has 3 heteroatoms. The maximum atomic E-state index is 4.83. The molecular weight excluding hydrogens is 210 g/mol. The van der Waals surface area contributed by atoms with Crippen LogP contribution in [0.3, 0.4) is 0 Å². The SMILES string of the molecule is CCc1nc2c(n1C(C)C1CCC1)CCNC2. The average molecular weight is 233 g/mol. The first-order chi connectivity index (χ1) is 8.31. The normalized spacial score (nSPS) is 22.0. The Morgan fingerprint density at radius 3 is 2.94 bits per heavy atom. The fraction of sp³-hybridized carbons (Fsp3) is 0.786. The molecule has 17 heavy (non-hydrogen) atoms. The number of hydrogen-bond acceptors (Lipinski definition) is 2. The lowest BCUT2D eigenvalue weighted by Gasteiger charge is -2.34. The van der Waals surface area contributed by atoms with Crippen molar-refractivity contribution in [3.63, 3.8) is 0 Å². The summed E-state index contributed by atoms with van der Waals surface area (Å²) >= 11 is 0. The molecule has 1 aromatic heterocycles. The van der Waals surface area contributed by atoms with Crippen molar-refractivity contribution in [1.82, 2.24) is 14.9 Å². The molecule has 1 aromatic rings. The van der Waals surface area contributed by atoms with E-state index < -0.39 is 0 Å². The second-order valence-corrected chi connectivity index (χ2v) is 5.50. The van der Waals surface area contributed by atoms with E-state index in [1.165, 1.54) is 36.5 Å². The van der Waals surface area contributed by atoms with Crippen LogP contribution in [0.5, 0.6) is 0 Å². The van der Waals surface area contributed by atoms with Crippen molar-refractivity contribution in [3.05, 3.63) is 17.2 Å². The van der Waals surface area contributed by atoms with Crippen LogP contribution in [-0.2, 0) is 19.4 Å². The zero-order chi connectivity index (χ0) is 11.8. The number of fused-ring (bicyclic) bond motifs is 1. The van der Waals surface area contributed by atoms with Gasteiger partial charge in [-0.1, -0.05) is 13.3 Å². The Morgan fingerprint density at radius 2 is 2.29 bits per heavy atom. The van der Waals surface area contributed by atoms with Crippen molar-refractivity contribution in [3.8, 4) is 0 Å². The monoisotopic (exact) mass is 233 g/mol. The number of imidazole rings is 1. The number of aryl methyl sites for hydroxylation is 1. The molecule has 0 spiro atoms. The van der Waals surface area contributed by atoms with Crippen molar-refractivity contribution < 1.29 is 0 Å². The Balaban J connectivity index is 1.97. The zero-order valence-electron chi connectivity index (χ0n) is 11.0. The molecule has 1 aliphatic heterocycles. The van der Waals surface area contributed by atoms with Crippen LogP contribution in [0.4, 0.5) is 0 Å². The lowest BCUT2D eigenvalue weighted by Crippen LogP contribution is -2.29. The molecule has 1 aliphatic carbocycles. The number of rotatable bonds is 3. The fourth-order valence-corrected chi connectivity index (χ4v) is 3.25. The first-order valence-corrected chi connectivity index (χ1v) is 7.10. The van der Waals surface area contributed by atoms with Gasteiger partial charge in [0.2, 0.25) is 0 Å². The molecule has 0 saturated heterocycles. The summed E-state index contributed by atoms with van der Waals surface area (Å²) in [5, 5.41) is 3.43. The highest BCUT2D eigenvalue weighted by Crippen LogP contribution is 2.38. The summed E-state index contributed by atoms with van der Waals surface area (Å²) in [5.41, 5.74) is 2.82. The lowest BCUT2D eigenvalue weighted by molar-refractivity contribution is 0.216. The predicted octanol–water partition coefficient (Wildman–Crippen LogP) is 2.45. The van der Waals surface area contributed by atoms with E-state index in [9.17, 15) is 0 Å². The van der Waals surface area contributed by atoms with E-state index in [4.69, 9.17) is 4.98 Å². The summed E-state index contributed by atoms with van der Waals surface area (Å²) < 4.78 is 2.57. The number of aromatic nitrogens is 2. The molecule has 0 bridgehead atoms.